The summed E-state index contributed by atoms with van der Waals surface area (Å²) in [7, 11) is 0. The first kappa shape index (κ1) is 11.4. The number of piperidine rings is 1. The second-order valence-corrected chi connectivity index (χ2v) is 5.75. The predicted molar refractivity (Wildman–Crippen MR) is 65.0 cm³/mol. The van der Waals surface area contributed by atoms with Gasteiger partial charge in [0.15, 0.2) is 0 Å². The van der Waals surface area contributed by atoms with Gasteiger partial charge in [0, 0.05) is 13.1 Å². The van der Waals surface area contributed by atoms with Crippen molar-refractivity contribution in [2.24, 2.45) is 17.8 Å². The second-order valence-electron chi connectivity index (χ2n) is 5.75. The highest BCUT2D eigenvalue weighted by Crippen LogP contribution is 2.25. The van der Waals surface area contributed by atoms with E-state index in [0.717, 1.165) is 17.8 Å². The Morgan fingerprint density at radius 1 is 1.20 bits per heavy atom. The van der Waals surface area contributed by atoms with Crippen molar-refractivity contribution < 1.29 is 0 Å². The minimum Gasteiger partial charge on any atom is -0.317 e. The molecular weight excluding hydrogens is 184 g/mol. The summed E-state index contributed by atoms with van der Waals surface area (Å²) < 4.78 is 0. The molecule has 15 heavy (non-hydrogen) atoms. The van der Waals surface area contributed by atoms with E-state index in [-0.39, 0.29) is 0 Å². The molecule has 0 aromatic rings. The van der Waals surface area contributed by atoms with Gasteiger partial charge in [0.25, 0.3) is 0 Å². The molecule has 2 fully saturated rings. The van der Waals surface area contributed by atoms with Crippen molar-refractivity contribution in [2.45, 2.75) is 33.1 Å². The van der Waals surface area contributed by atoms with E-state index in [1.165, 1.54) is 52.0 Å². The Kier molecular flexibility index (Phi) is 4.04. The molecule has 0 bridgehead atoms. The van der Waals surface area contributed by atoms with Gasteiger partial charge in [0.2, 0.25) is 0 Å². The molecule has 0 aliphatic carbocycles. The molecule has 0 aromatic heterocycles. The zero-order chi connectivity index (χ0) is 10.7. The SMILES string of the molecule is CC(C)C1CN(CCC2CCNCC2)C1. The van der Waals surface area contributed by atoms with Gasteiger partial charge in [-0.2, -0.15) is 0 Å². The first-order chi connectivity index (χ1) is 7.25. The Morgan fingerprint density at radius 2 is 1.87 bits per heavy atom. The summed E-state index contributed by atoms with van der Waals surface area (Å²) in [6.07, 6.45) is 4.25. The maximum atomic E-state index is 3.44. The molecule has 2 heterocycles. The molecule has 0 amide bonds. The van der Waals surface area contributed by atoms with E-state index in [4.69, 9.17) is 0 Å². The van der Waals surface area contributed by atoms with E-state index < -0.39 is 0 Å². The van der Waals surface area contributed by atoms with Crippen molar-refractivity contribution in [1.29, 1.82) is 0 Å². The van der Waals surface area contributed by atoms with Crippen molar-refractivity contribution >= 4 is 0 Å². The van der Waals surface area contributed by atoms with Crippen molar-refractivity contribution in [3.63, 3.8) is 0 Å². The molecule has 0 atom stereocenters. The Bertz CT molecular complexity index is 179. The standard InChI is InChI=1S/C13H26N2/c1-11(2)13-9-15(10-13)8-5-12-3-6-14-7-4-12/h11-14H,3-10H2,1-2H3. The first-order valence-electron chi connectivity index (χ1n) is 6.69. The van der Waals surface area contributed by atoms with Crippen LogP contribution in [0.3, 0.4) is 0 Å². The van der Waals surface area contributed by atoms with Crippen LogP contribution in [0.5, 0.6) is 0 Å². The number of likely N-dealkylation sites (tertiary alicyclic amines) is 1. The summed E-state index contributed by atoms with van der Waals surface area (Å²) in [6, 6.07) is 0. The highest BCUT2D eigenvalue weighted by Gasteiger charge is 2.28. The molecule has 0 unspecified atom stereocenters. The van der Waals surface area contributed by atoms with Crippen LogP contribution in [0.1, 0.15) is 33.1 Å². The molecule has 2 saturated heterocycles. The zero-order valence-corrected chi connectivity index (χ0v) is 10.3. The van der Waals surface area contributed by atoms with Gasteiger partial charge in [-0.1, -0.05) is 13.8 Å². The monoisotopic (exact) mass is 210 g/mol. The van der Waals surface area contributed by atoms with Crippen molar-refractivity contribution in [3.05, 3.63) is 0 Å². The molecule has 2 heteroatoms. The van der Waals surface area contributed by atoms with Gasteiger partial charge in [-0.25, -0.2) is 0 Å². The number of nitrogens with one attached hydrogen (secondary N) is 1. The third kappa shape index (κ3) is 3.18. The van der Waals surface area contributed by atoms with Crippen LogP contribution in [0.15, 0.2) is 0 Å². The molecule has 88 valence electrons. The maximum Gasteiger partial charge on any atom is 0.00245 e. The van der Waals surface area contributed by atoms with E-state index in [1.807, 2.05) is 0 Å². The maximum absolute atomic E-state index is 3.44. The van der Waals surface area contributed by atoms with Crippen LogP contribution in [0.4, 0.5) is 0 Å². The molecule has 2 aliphatic heterocycles. The highest BCUT2D eigenvalue weighted by molar-refractivity contribution is 4.82. The van der Waals surface area contributed by atoms with Gasteiger partial charge in [0.1, 0.15) is 0 Å². The van der Waals surface area contributed by atoms with Crippen LogP contribution in [-0.4, -0.2) is 37.6 Å². The minimum absolute atomic E-state index is 0.889. The fraction of sp³-hybridized carbons (Fsp3) is 1.00. The van der Waals surface area contributed by atoms with Crippen LogP contribution >= 0.6 is 0 Å². The predicted octanol–water partition coefficient (Wildman–Crippen LogP) is 1.96. The van der Waals surface area contributed by atoms with E-state index in [1.54, 1.807) is 0 Å². The van der Waals surface area contributed by atoms with E-state index in [2.05, 4.69) is 24.1 Å². The lowest BCUT2D eigenvalue weighted by Gasteiger charge is -2.42. The quantitative estimate of drug-likeness (QED) is 0.763. The average Bonchev–Trinajstić information content (AvgIpc) is 2.16. The van der Waals surface area contributed by atoms with E-state index in [9.17, 15) is 0 Å². The van der Waals surface area contributed by atoms with Gasteiger partial charge in [-0.15, -0.1) is 0 Å². The Morgan fingerprint density at radius 3 is 2.47 bits per heavy atom. The molecule has 2 aliphatic rings. The molecule has 0 saturated carbocycles. The van der Waals surface area contributed by atoms with Gasteiger partial charge >= 0.3 is 0 Å². The molecule has 2 nitrogen and oxygen atoms in total. The number of hydrogen-bond donors (Lipinski definition) is 1. The summed E-state index contributed by atoms with van der Waals surface area (Å²) in [5.74, 6) is 2.88. The largest absolute Gasteiger partial charge is 0.317 e. The summed E-state index contributed by atoms with van der Waals surface area (Å²) in [6.45, 7) is 11.3. The topological polar surface area (TPSA) is 15.3 Å². The average molecular weight is 210 g/mol. The molecular formula is C13H26N2. The Balaban J connectivity index is 1.55. The van der Waals surface area contributed by atoms with Crippen LogP contribution < -0.4 is 5.32 Å². The lowest BCUT2D eigenvalue weighted by molar-refractivity contribution is 0.0615. The third-order valence-electron chi connectivity index (χ3n) is 4.24. The summed E-state index contributed by atoms with van der Waals surface area (Å²) >= 11 is 0. The molecule has 2 rings (SSSR count). The van der Waals surface area contributed by atoms with Gasteiger partial charge in [0.05, 0.1) is 0 Å². The van der Waals surface area contributed by atoms with E-state index >= 15 is 0 Å². The minimum atomic E-state index is 0.889. The van der Waals surface area contributed by atoms with Crippen LogP contribution in [-0.2, 0) is 0 Å². The Hall–Kier alpha value is -0.0800. The fourth-order valence-corrected chi connectivity index (χ4v) is 2.75. The highest BCUT2D eigenvalue weighted by atomic mass is 15.2. The summed E-state index contributed by atoms with van der Waals surface area (Å²) in [5, 5.41) is 3.44. The number of hydrogen-bond acceptors (Lipinski definition) is 2. The fourth-order valence-electron chi connectivity index (χ4n) is 2.75. The lowest BCUT2D eigenvalue weighted by atomic mass is 9.87. The lowest BCUT2D eigenvalue weighted by Crippen LogP contribution is -2.49. The molecule has 0 spiro atoms. The Labute approximate surface area is 94.4 Å². The normalized spacial score (nSPS) is 25.8. The zero-order valence-electron chi connectivity index (χ0n) is 10.3. The molecule has 0 aromatic carbocycles. The third-order valence-corrected chi connectivity index (χ3v) is 4.24. The number of rotatable bonds is 4. The smallest absolute Gasteiger partial charge is 0.00245 e. The second kappa shape index (κ2) is 5.31. The summed E-state index contributed by atoms with van der Waals surface area (Å²) in [5.41, 5.74) is 0. The number of nitrogens with zero attached hydrogens (tertiary/aromatic N) is 1. The van der Waals surface area contributed by atoms with E-state index in [0.29, 0.717) is 0 Å². The molecule has 1 N–H and O–H groups in total. The van der Waals surface area contributed by atoms with Crippen LogP contribution in [0, 0.1) is 17.8 Å². The van der Waals surface area contributed by atoms with Crippen molar-refractivity contribution in [1.82, 2.24) is 10.2 Å². The van der Waals surface area contributed by atoms with Crippen molar-refractivity contribution in [2.75, 3.05) is 32.7 Å². The molecule has 0 radical (unpaired) electrons. The van der Waals surface area contributed by atoms with Crippen molar-refractivity contribution in [3.8, 4) is 0 Å². The summed E-state index contributed by atoms with van der Waals surface area (Å²) in [4.78, 5) is 2.65. The van der Waals surface area contributed by atoms with Crippen LogP contribution in [0.25, 0.3) is 0 Å². The van der Waals surface area contributed by atoms with Gasteiger partial charge in [-0.3, -0.25) is 0 Å². The first-order valence-corrected chi connectivity index (χ1v) is 6.69. The van der Waals surface area contributed by atoms with Gasteiger partial charge in [-0.05, 0) is 56.7 Å². The van der Waals surface area contributed by atoms with Crippen LogP contribution in [0.2, 0.25) is 0 Å². The van der Waals surface area contributed by atoms with Gasteiger partial charge < -0.3 is 10.2 Å².